The zero-order valence-corrected chi connectivity index (χ0v) is 18.3. The van der Waals surface area contributed by atoms with Crippen molar-refractivity contribution < 1.29 is 14.3 Å². The van der Waals surface area contributed by atoms with E-state index in [4.69, 9.17) is 14.5 Å². The van der Waals surface area contributed by atoms with Crippen LogP contribution >= 0.6 is 11.3 Å². The van der Waals surface area contributed by atoms with Crippen molar-refractivity contribution >= 4 is 28.2 Å². The number of thiazole rings is 1. The van der Waals surface area contributed by atoms with E-state index < -0.39 is 5.41 Å². The molecular weight excluding hydrogens is 412 g/mol. The van der Waals surface area contributed by atoms with Crippen LogP contribution in [0.15, 0.2) is 48.0 Å². The minimum absolute atomic E-state index is 0.0904. The van der Waals surface area contributed by atoms with Gasteiger partial charge in [0.25, 0.3) is 0 Å². The lowest BCUT2D eigenvalue weighted by atomic mass is 9.70. The molecule has 31 heavy (non-hydrogen) atoms. The van der Waals surface area contributed by atoms with E-state index in [2.05, 4.69) is 15.2 Å². The Morgan fingerprint density at radius 3 is 2.74 bits per heavy atom. The van der Waals surface area contributed by atoms with E-state index in [0.717, 1.165) is 35.8 Å². The smallest absolute Gasteiger partial charge is 0.232 e. The van der Waals surface area contributed by atoms with Crippen molar-refractivity contribution in [2.75, 3.05) is 36.5 Å². The number of carbonyl (C=O) groups is 1. The maximum atomic E-state index is 13.3. The average Bonchev–Trinajstić information content (AvgIpc) is 3.30. The van der Waals surface area contributed by atoms with Crippen LogP contribution < -0.4 is 15.0 Å². The third-order valence-corrected chi connectivity index (χ3v) is 6.61. The predicted molar refractivity (Wildman–Crippen MR) is 120 cm³/mol. The zero-order valence-electron chi connectivity index (χ0n) is 17.5. The molecule has 1 saturated heterocycles. The van der Waals surface area contributed by atoms with Crippen LogP contribution in [0.4, 0.5) is 10.9 Å². The average molecular weight is 437 g/mol. The van der Waals surface area contributed by atoms with Crippen molar-refractivity contribution in [3.8, 4) is 11.6 Å². The molecule has 8 heteroatoms. The summed E-state index contributed by atoms with van der Waals surface area (Å²) < 4.78 is 11.7. The van der Waals surface area contributed by atoms with Crippen LogP contribution in [0.3, 0.4) is 0 Å². The zero-order chi connectivity index (χ0) is 21.4. The van der Waals surface area contributed by atoms with Crippen molar-refractivity contribution in [3.63, 3.8) is 0 Å². The molecule has 2 aliphatic rings. The fraction of sp³-hybridized carbons (Fsp3) is 0.348. The first-order valence-corrected chi connectivity index (χ1v) is 11.2. The summed E-state index contributed by atoms with van der Waals surface area (Å²) in [6, 6.07) is 11.9. The Hall–Kier alpha value is -2.97. The largest absolute Gasteiger partial charge is 0.438 e. The second-order valence-electron chi connectivity index (χ2n) is 8.25. The number of carbonyl (C=O) groups excluding carboxylic acids is 1. The van der Waals surface area contributed by atoms with Crippen LogP contribution in [-0.4, -0.2) is 42.2 Å². The third kappa shape index (κ3) is 3.66. The van der Waals surface area contributed by atoms with E-state index in [1.54, 1.807) is 6.20 Å². The number of anilines is 2. The van der Waals surface area contributed by atoms with Crippen molar-refractivity contribution in [1.29, 1.82) is 0 Å². The fourth-order valence-electron chi connectivity index (χ4n) is 4.25. The molecule has 0 spiro atoms. The molecule has 1 unspecified atom stereocenters. The third-order valence-electron chi connectivity index (χ3n) is 5.92. The summed E-state index contributed by atoms with van der Waals surface area (Å²) in [5, 5.41) is 5.41. The fourth-order valence-corrected chi connectivity index (χ4v) is 4.77. The van der Waals surface area contributed by atoms with Crippen LogP contribution in [-0.2, 0) is 9.53 Å². The first kappa shape index (κ1) is 20.0. The molecule has 3 aromatic rings. The minimum Gasteiger partial charge on any atom is -0.438 e. The molecule has 1 atom stereocenters. The monoisotopic (exact) mass is 436 g/mol. The Morgan fingerprint density at radius 1 is 1.16 bits per heavy atom. The van der Waals surface area contributed by atoms with E-state index in [0.29, 0.717) is 24.2 Å². The van der Waals surface area contributed by atoms with E-state index in [-0.39, 0.29) is 11.8 Å². The number of ether oxygens (including phenoxy) is 2. The molecule has 1 fully saturated rings. The predicted octanol–water partition coefficient (Wildman–Crippen LogP) is 4.28. The van der Waals surface area contributed by atoms with Crippen molar-refractivity contribution in [1.82, 2.24) is 9.97 Å². The number of hydrogen-bond donors (Lipinski definition) is 1. The van der Waals surface area contributed by atoms with Gasteiger partial charge in [-0.25, -0.2) is 4.98 Å². The van der Waals surface area contributed by atoms with Gasteiger partial charge in [-0.2, -0.15) is 4.98 Å². The molecule has 7 nitrogen and oxygen atoms in total. The highest BCUT2D eigenvalue weighted by Gasteiger charge is 2.44. The summed E-state index contributed by atoms with van der Waals surface area (Å²) in [6.45, 7) is 6.90. The lowest BCUT2D eigenvalue weighted by molar-refractivity contribution is -0.124. The molecule has 2 aliphatic heterocycles. The number of nitrogens with zero attached hydrogens (tertiary/aromatic N) is 3. The number of amides is 1. The van der Waals surface area contributed by atoms with Gasteiger partial charge in [-0.05, 0) is 18.2 Å². The molecule has 5 rings (SSSR count). The van der Waals surface area contributed by atoms with Crippen molar-refractivity contribution in [3.05, 3.63) is 59.1 Å². The number of nitrogens with one attached hydrogen (secondary N) is 1. The number of fused-ring (bicyclic) bond motifs is 2. The van der Waals surface area contributed by atoms with Gasteiger partial charge in [0.05, 0.1) is 18.6 Å². The van der Waals surface area contributed by atoms with Gasteiger partial charge in [0.15, 0.2) is 5.13 Å². The Balaban J connectivity index is 1.54. The topological polar surface area (TPSA) is 76.6 Å². The number of morpholine rings is 1. The summed E-state index contributed by atoms with van der Waals surface area (Å²) in [6.07, 6.45) is 1.68. The van der Waals surface area contributed by atoms with Gasteiger partial charge in [-0.3, -0.25) is 4.79 Å². The van der Waals surface area contributed by atoms with Gasteiger partial charge >= 0.3 is 0 Å². The summed E-state index contributed by atoms with van der Waals surface area (Å²) in [4.78, 5) is 24.6. The molecule has 4 heterocycles. The molecule has 0 saturated carbocycles. The van der Waals surface area contributed by atoms with Crippen LogP contribution in [0, 0.1) is 5.41 Å². The Kier molecular flexibility index (Phi) is 5.11. The normalized spacial score (nSPS) is 18.0. The van der Waals surface area contributed by atoms with E-state index in [1.807, 2.05) is 55.6 Å². The highest BCUT2D eigenvalue weighted by Crippen LogP contribution is 2.52. The number of pyridine rings is 1. The van der Waals surface area contributed by atoms with Crippen LogP contribution in [0.25, 0.3) is 0 Å². The number of benzene rings is 1. The molecule has 0 aliphatic carbocycles. The Morgan fingerprint density at radius 2 is 1.97 bits per heavy atom. The molecule has 1 N–H and O–H groups in total. The SMILES string of the molecule is CC(C)(C(=O)Nc1nccs1)C1c2ccccc2Oc2nc(N3CCOCC3)ccc21. The molecule has 0 bridgehead atoms. The number of para-hydroxylation sites is 1. The second kappa shape index (κ2) is 7.94. The van der Waals surface area contributed by atoms with E-state index >= 15 is 0 Å². The summed E-state index contributed by atoms with van der Waals surface area (Å²) in [5.41, 5.74) is 1.13. The van der Waals surface area contributed by atoms with Gasteiger partial charge in [-0.1, -0.05) is 32.0 Å². The summed E-state index contributed by atoms with van der Waals surface area (Å²) in [5.74, 6) is 1.86. The number of rotatable bonds is 4. The quantitative estimate of drug-likeness (QED) is 0.658. The summed E-state index contributed by atoms with van der Waals surface area (Å²) >= 11 is 1.41. The lowest BCUT2D eigenvalue weighted by Gasteiger charge is -2.38. The van der Waals surface area contributed by atoms with E-state index in [1.165, 1.54) is 11.3 Å². The Labute approximate surface area is 185 Å². The lowest BCUT2D eigenvalue weighted by Crippen LogP contribution is -2.39. The van der Waals surface area contributed by atoms with Gasteiger partial charge < -0.3 is 19.7 Å². The van der Waals surface area contributed by atoms with Gasteiger partial charge in [0, 0.05) is 41.7 Å². The highest BCUT2D eigenvalue weighted by atomic mass is 32.1. The molecule has 1 aromatic carbocycles. The molecule has 160 valence electrons. The van der Waals surface area contributed by atoms with Crippen molar-refractivity contribution in [2.45, 2.75) is 19.8 Å². The maximum absolute atomic E-state index is 13.3. The van der Waals surface area contributed by atoms with Gasteiger partial charge in [0.2, 0.25) is 11.8 Å². The maximum Gasteiger partial charge on any atom is 0.232 e. The second-order valence-corrected chi connectivity index (χ2v) is 9.14. The molecule has 0 radical (unpaired) electrons. The van der Waals surface area contributed by atoms with Gasteiger partial charge in [-0.15, -0.1) is 11.3 Å². The van der Waals surface area contributed by atoms with E-state index in [9.17, 15) is 4.79 Å². The van der Waals surface area contributed by atoms with Crippen LogP contribution in [0.2, 0.25) is 0 Å². The minimum atomic E-state index is -0.761. The molecule has 2 aromatic heterocycles. The number of aromatic nitrogens is 2. The molecule has 1 amide bonds. The first-order valence-electron chi connectivity index (χ1n) is 10.4. The summed E-state index contributed by atoms with van der Waals surface area (Å²) in [7, 11) is 0. The van der Waals surface area contributed by atoms with Crippen LogP contribution in [0.5, 0.6) is 11.6 Å². The Bertz CT molecular complexity index is 1090. The highest BCUT2D eigenvalue weighted by molar-refractivity contribution is 7.13. The molecular formula is C23H24N4O3S. The van der Waals surface area contributed by atoms with Crippen LogP contribution in [0.1, 0.15) is 30.9 Å². The standard InChI is InChI=1S/C23H24N4O3S/c1-23(2,21(28)26-22-24-9-14-31-22)19-15-5-3-4-6-17(15)30-20-16(19)7-8-18(25-20)27-10-12-29-13-11-27/h3-9,14,19H,10-13H2,1-2H3,(H,24,26,28). The number of hydrogen-bond acceptors (Lipinski definition) is 7. The first-order chi connectivity index (χ1) is 15.0. The van der Waals surface area contributed by atoms with Crippen molar-refractivity contribution in [2.24, 2.45) is 5.41 Å². The van der Waals surface area contributed by atoms with Gasteiger partial charge in [0.1, 0.15) is 11.6 Å².